The lowest BCUT2D eigenvalue weighted by molar-refractivity contribution is -0.684. The van der Waals surface area contributed by atoms with Crippen molar-refractivity contribution in [2.24, 2.45) is 0 Å². The summed E-state index contributed by atoms with van der Waals surface area (Å²) in [5, 5.41) is 2.41. The van der Waals surface area contributed by atoms with Gasteiger partial charge < -0.3 is 0 Å². The van der Waals surface area contributed by atoms with Gasteiger partial charge in [-0.25, -0.2) is 4.98 Å². The molecule has 2 heteroatoms. The number of nitrogens with zero attached hydrogens (tertiary/aromatic N) is 2. The molecule has 0 aliphatic heterocycles. The molecule has 2 heterocycles. The molecule has 20 heavy (non-hydrogen) atoms. The third-order valence-electron chi connectivity index (χ3n) is 3.34. The number of benzene rings is 1. The van der Waals surface area contributed by atoms with Gasteiger partial charge in [-0.2, -0.15) is 4.57 Å². The summed E-state index contributed by atoms with van der Waals surface area (Å²) in [5.74, 6) is 2.70. The number of aromatic nitrogens is 2. The summed E-state index contributed by atoms with van der Waals surface area (Å²) in [5.41, 5.74) is 2.10. The molecule has 0 aliphatic carbocycles. The Labute approximate surface area is 118 Å². The smallest absolute Gasteiger partial charge is 0.239 e. The van der Waals surface area contributed by atoms with Gasteiger partial charge in [0.15, 0.2) is 12.7 Å². The van der Waals surface area contributed by atoms with Crippen molar-refractivity contribution in [1.29, 1.82) is 0 Å². The summed E-state index contributed by atoms with van der Waals surface area (Å²) in [6, 6.07) is 16.5. The Hall–Kier alpha value is -2.66. The third kappa shape index (κ3) is 2.26. The first-order valence-electron chi connectivity index (χ1n) is 6.66. The molecule has 0 fully saturated rings. The highest BCUT2D eigenvalue weighted by molar-refractivity contribution is 5.91. The van der Waals surface area contributed by atoms with Crippen molar-refractivity contribution in [3.8, 4) is 23.7 Å². The van der Waals surface area contributed by atoms with E-state index >= 15 is 0 Å². The molecule has 0 unspecified atom stereocenters. The third-order valence-corrected chi connectivity index (χ3v) is 3.34. The summed E-state index contributed by atoms with van der Waals surface area (Å²) in [4.78, 5) is 4.50. The Morgan fingerprint density at radius 1 is 1.05 bits per heavy atom. The summed E-state index contributed by atoms with van der Waals surface area (Å²) in [6.07, 6.45) is 10.0. The molecule has 0 bridgehead atoms. The van der Waals surface area contributed by atoms with Crippen LogP contribution < -0.4 is 4.57 Å². The molecular weight excluding hydrogens is 244 g/mol. The second-order valence-corrected chi connectivity index (χ2v) is 4.61. The fourth-order valence-corrected chi connectivity index (χ4v) is 2.42. The molecular formula is C18H15N2+. The molecule has 0 atom stereocenters. The van der Waals surface area contributed by atoms with E-state index < -0.39 is 0 Å². The molecule has 0 aliphatic rings. The molecule has 0 spiro atoms. The van der Waals surface area contributed by atoms with Gasteiger partial charge in [0.2, 0.25) is 5.69 Å². The summed E-state index contributed by atoms with van der Waals surface area (Å²) >= 11 is 0. The first-order valence-corrected chi connectivity index (χ1v) is 6.66. The minimum Gasteiger partial charge on any atom is -0.250 e. The maximum absolute atomic E-state index is 5.40. The zero-order valence-corrected chi connectivity index (χ0v) is 11.2. The van der Waals surface area contributed by atoms with Gasteiger partial charge in [0.1, 0.15) is 5.69 Å². The van der Waals surface area contributed by atoms with Crippen LogP contribution in [0, 0.1) is 12.3 Å². The lowest BCUT2D eigenvalue weighted by atomic mass is 10.1. The van der Waals surface area contributed by atoms with Gasteiger partial charge in [0.25, 0.3) is 0 Å². The van der Waals surface area contributed by atoms with Gasteiger partial charge in [0.05, 0.1) is 11.8 Å². The van der Waals surface area contributed by atoms with Crippen LogP contribution in [0.1, 0.15) is 6.42 Å². The topological polar surface area (TPSA) is 16.8 Å². The standard InChI is InChI=1S/C18H15N2/c1-2-3-13-20-14-11-15-8-4-5-9-16(15)18(20)17-10-6-7-12-19-17/h1,4-12,14H,3,13H2/q+1. The highest BCUT2D eigenvalue weighted by Crippen LogP contribution is 2.23. The van der Waals surface area contributed by atoms with Crippen molar-refractivity contribution in [3.05, 3.63) is 60.9 Å². The molecule has 0 saturated heterocycles. The van der Waals surface area contributed by atoms with Crippen LogP contribution in [-0.4, -0.2) is 4.98 Å². The van der Waals surface area contributed by atoms with Gasteiger partial charge in [-0.3, -0.25) is 0 Å². The monoisotopic (exact) mass is 259 g/mol. The maximum Gasteiger partial charge on any atom is 0.239 e. The van der Waals surface area contributed by atoms with Crippen LogP contribution >= 0.6 is 0 Å². The van der Waals surface area contributed by atoms with Crippen LogP contribution in [0.15, 0.2) is 60.9 Å². The summed E-state index contributed by atoms with van der Waals surface area (Å²) in [6.45, 7) is 0.799. The Morgan fingerprint density at radius 3 is 2.70 bits per heavy atom. The van der Waals surface area contributed by atoms with Crippen molar-refractivity contribution in [2.45, 2.75) is 13.0 Å². The van der Waals surface area contributed by atoms with E-state index in [1.165, 1.54) is 10.8 Å². The van der Waals surface area contributed by atoms with Crippen molar-refractivity contribution >= 4 is 10.8 Å². The van der Waals surface area contributed by atoms with Crippen molar-refractivity contribution < 1.29 is 4.57 Å². The molecule has 0 radical (unpaired) electrons. The van der Waals surface area contributed by atoms with Crippen molar-refractivity contribution in [3.63, 3.8) is 0 Å². The molecule has 0 saturated carbocycles. The highest BCUT2D eigenvalue weighted by Gasteiger charge is 2.17. The van der Waals surface area contributed by atoms with Crippen LogP contribution in [0.25, 0.3) is 22.2 Å². The predicted molar refractivity (Wildman–Crippen MR) is 80.8 cm³/mol. The van der Waals surface area contributed by atoms with E-state index in [9.17, 15) is 0 Å². The molecule has 2 aromatic heterocycles. The van der Waals surface area contributed by atoms with Gasteiger partial charge in [-0.15, -0.1) is 12.3 Å². The lowest BCUT2D eigenvalue weighted by Gasteiger charge is -2.06. The largest absolute Gasteiger partial charge is 0.250 e. The Kier molecular flexibility index (Phi) is 3.43. The van der Waals surface area contributed by atoms with Crippen LogP contribution in [0.5, 0.6) is 0 Å². The van der Waals surface area contributed by atoms with E-state index in [2.05, 4.69) is 52.0 Å². The lowest BCUT2D eigenvalue weighted by Crippen LogP contribution is -2.36. The molecule has 3 aromatic rings. The van der Waals surface area contributed by atoms with E-state index in [1.54, 1.807) is 0 Å². The summed E-state index contributed by atoms with van der Waals surface area (Å²) in [7, 11) is 0. The van der Waals surface area contributed by atoms with Crippen molar-refractivity contribution in [2.75, 3.05) is 0 Å². The first-order chi connectivity index (χ1) is 9.90. The van der Waals surface area contributed by atoms with E-state index in [-0.39, 0.29) is 0 Å². The number of pyridine rings is 2. The maximum atomic E-state index is 5.40. The average molecular weight is 259 g/mol. The molecule has 2 nitrogen and oxygen atoms in total. The van der Waals surface area contributed by atoms with Crippen LogP contribution in [0.2, 0.25) is 0 Å². The number of hydrogen-bond donors (Lipinski definition) is 0. The second kappa shape index (κ2) is 5.54. The Balaban J connectivity index is 2.27. The minimum atomic E-state index is 0.711. The highest BCUT2D eigenvalue weighted by atomic mass is 15.0. The molecule has 3 rings (SSSR count). The second-order valence-electron chi connectivity index (χ2n) is 4.61. The number of hydrogen-bond acceptors (Lipinski definition) is 1. The molecule has 1 aromatic carbocycles. The fourth-order valence-electron chi connectivity index (χ4n) is 2.42. The van der Waals surface area contributed by atoms with E-state index in [0.717, 1.165) is 17.9 Å². The van der Waals surface area contributed by atoms with Crippen LogP contribution in [-0.2, 0) is 6.54 Å². The quantitative estimate of drug-likeness (QED) is 0.521. The van der Waals surface area contributed by atoms with E-state index in [0.29, 0.717) is 6.42 Å². The molecule has 0 amide bonds. The van der Waals surface area contributed by atoms with E-state index in [1.807, 2.05) is 24.4 Å². The first kappa shape index (κ1) is 12.4. The summed E-state index contributed by atoms with van der Waals surface area (Å²) < 4.78 is 2.19. The van der Waals surface area contributed by atoms with E-state index in [4.69, 9.17) is 6.42 Å². The number of fused-ring (bicyclic) bond motifs is 1. The van der Waals surface area contributed by atoms with Gasteiger partial charge in [-0.05, 0) is 23.6 Å². The fraction of sp³-hybridized carbons (Fsp3) is 0.111. The Morgan fingerprint density at radius 2 is 1.90 bits per heavy atom. The minimum absolute atomic E-state index is 0.711. The van der Waals surface area contributed by atoms with Crippen LogP contribution in [0.4, 0.5) is 0 Å². The van der Waals surface area contributed by atoms with Gasteiger partial charge in [-0.1, -0.05) is 24.3 Å². The zero-order chi connectivity index (χ0) is 13.8. The average Bonchev–Trinajstić information content (AvgIpc) is 2.53. The van der Waals surface area contributed by atoms with Gasteiger partial charge in [0, 0.05) is 12.3 Å². The Bertz CT molecular complexity index is 770. The molecule has 0 N–H and O–H groups in total. The predicted octanol–water partition coefficient (Wildman–Crippen LogP) is 3.21. The normalized spacial score (nSPS) is 10.3. The SMILES string of the molecule is C#CCC[n+]1ccc2ccccc2c1-c1ccccn1. The van der Waals surface area contributed by atoms with Gasteiger partial charge >= 0.3 is 0 Å². The zero-order valence-electron chi connectivity index (χ0n) is 11.2. The number of rotatable bonds is 3. The molecule has 96 valence electrons. The van der Waals surface area contributed by atoms with Crippen LogP contribution in [0.3, 0.4) is 0 Å². The number of aryl methyl sites for hydroxylation is 1. The van der Waals surface area contributed by atoms with Crippen molar-refractivity contribution in [1.82, 2.24) is 4.98 Å². The number of terminal acetylenes is 1.